The monoisotopic (exact) mass is 473 g/mol. The van der Waals surface area contributed by atoms with Crippen LogP contribution >= 0.6 is 0 Å². The van der Waals surface area contributed by atoms with Gasteiger partial charge in [-0.15, -0.1) is 0 Å². The number of hydrogen-bond donors (Lipinski definition) is 1. The van der Waals surface area contributed by atoms with Gasteiger partial charge < -0.3 is 0 Å². The molecule has 0 amide bonds. The fraction of sp³-hybridized carbons (Fsp3) is 0.286. The van der Waals surface area contributed by atoms with E-state index in [1.54, 1.807) is 26.0 Å². The highest BCUT2D eigenvalue weighted by Crippen LogP contribution is 2.29. The maximum absolute atomic E-state index is 14.1. The highest BCUT2D eigenvalue weighted by Gasteiger charge is 2.28. The molecule has 0 aliphatic heterocycles. The van der Waals surface area contributed by atoms with E-state index in [-0.39, 0.29) is 22.0 Å². The molecule has 1 heterocycles. The van der Waals surface area contributed by atoms with Crippen molar-refractivity contribution < 1.29 is 30.4 Å². The minimum atomic E-state index is -4.05. The van der Waals surface area contributed by atoms with Crippen LogP contribution in [0.3, 0.4) is 0 Å². The first-order valence-electron chi connectivity index (χ1n) is 9.41. The standard InChI is InChI=1S/C21H20F5N3O2S/c1-9-6-10(2)21(11(3)7-9)32(30,31)28-20-12(4)27-29(13(20)5)8-14-15(22)17(24)19(26)18(25)16(14)23/h6-7,28H,8H2,1-5H3. The number of rotatable bonds is 5. The molecule has 1 N–H and O–H groups in total. The van der Waals surface area contributed by atoms with Crippen molar-refractivity contribution in [2.75, 3.05) is 4.72 Å². The van der Waals surface area contributed by atoms with E-state index in [0.29, 0.717) is 11.1 Å². The summed E-state index contributed by atoms with van der Waals surface area (Å²) in [6.07, 6.45) is 0. The number of nitrogens with one attached hydrogen (secondary N) is 1. The summed E-state index contributed by atoms with van der Waals surface area (Å²) in [5, 5.41) is 4.02. The topological polar surface area (TPSA) is 64.0 Å². The molecule has 0 radical (unpaired) electrons. The van der Waals surface area contributed by atoms with Gasteiger partial charge in [0.25, 0.3) is 10.0 Å². The second-order valence-corrected chi connectivity index (χ2v) is 9.20. The fourth-order valence-corrected chi connectivity index (χ4v) is 5.35. The predicted octanol–water partition coefficient (Wildman–Crippen LogP) is 4.97. The van der Waals surface area contributed by atoms with Crippen LogP contribution in [-0.4, -0.2) is 18.2 Å². The number of hydrogen-bond acceptors (Lipinski definition) is 3. The minimum Gasteiger partial charge on any atom is -0.276 e. The molecule has 2 aromatic carbocycles. The average molecular weight is 473 g/mol. The quantitative estimate of drug-likeness (QED) is 0.323. The number of benzene rings is 2. The van der Waals surface area contributed by atoms with Crippen LogP contribution in [0, 0.1) is 63.7 Å². The zero-order valence-corrected chi connectivity index (χ0v) is 18.7. The molecule has 0 saturated heterocycles. The molecule has 3 aromatic rings. The van der Waals surface area contributed by atoms with Gasteiger partial charge in [-0.3, -0.25) is 9.40 Å². The molecule has 3 rings (SSSR count). The molecule has 172 valence electrons. The fourth-order valence-electron chi connectivity index (χ4n) is 3.71. The van der Waals surface area contributed by atoms with Crippen LogP contribution in [0.25, 0.3) is 0 Å². The van der Waals surface area contributed by atoms with E-state index in [0.717, 1.165) is 10.2 Å². The SMILES string of the molecule is Cc1cc(C)c(S(=O)(=O)Nc2c(C)nn(Cc3c(F)c(F)c(F)c(F)c3F)c2C)c(C)c1. The van der Waals surface area contributed by atoms with E-state index in [9.17, 15) is 30.4 Å². The second-order valence-electron chi connectivity index (χ2n) is 7.59. The van der Waals surface area contributed by atoms with Gasteiger partial charge in [0, 0.05) is 0 Å². The first-order valence-corrected chi connectivity index (χ1v) is 10.9. The summed E-state index contributed by atoms with van der Waals surface area (Å²) in [4.78, 5) is 0.0782. The van der Waals surface area contributed by atoms with E-state index in [1.807, 2.05) is 6.92 Å². The van der Waals surface area contributed by atoms with Gasteiger partial charge in [-0.25, -0.2) is 30.4 Å². The number of sulfonamides is 1. The molecule has 0 spiro atoms. The van der Waals surface area contributed by atoms with E-state index in [1.165, 1.54) is 13.8 Å². The summed E-state index contributed by atoms with van der Waals surface area (Å²) in [6, 6.07) is 3.43. The third-order valence-corrected chi connectivity index (χ3v) is 6.75. The third kappa shape index (κ3) is 3.96. The summed E-state index contributed by atoms with van der Waals surface area (Å²) >= 11 is 0. The molecule has 1 aromatic heterocycles. The Morgan fingerprint density at radius 2 is 1.31 bits per heavy atom. The first kappa shape index (κ1) is 23.7. The van der Waals surface area contributed by atoms with Gasteiger partial charge in [0.15, 0.2) is 23.3 Å². The van der Waals surface area contributed by atoms with E-state index < -0.39 is 51.2 Å². The van der Waals surface area contributed by atoms with Crippen LogP contribution < -0.4 is 4.72 Å². The molecule has 0 atom stereocenters. The molecule has 0 fully saturated rings. The van der Waals surface area contributed by atoms with E-state index in [2.05, 4.69) is 9.82 Å². The van der Waals surface area contributed by atoms with Gasteiger partial charge in [-0.1, -0.05) is 17.7 Å². The number of aryl methyl sites for hydroxylation is 4. The van der Waals surface area contributed by atoms with Crippen molar-refractivity contribution in [2.45, 2.75) is 46.1 Å². The van der Waals surface area contributed by atoms with E-state index in [4.69, 9.17) is 0 Å². The third-order valence-electron chi connectivity index (χ3n) is 5.10. The highest BCUT2D eigenvalue weighted by molar-refractivity contribution is 7.92. The molecule has 0 bridgehead atoms. The molecule has 5 nitrogen and oxygen atoms in total. The smallest absolute Gasteiger partial charge is 0.262 e. The van der Waals surface area contributed by atoms with Crippen molar-refractivity contribution in [2.24, 2.45) is 0 Å². The lowest BCUT2D eigenvalue weighted by molar-refractivity contribution is 0.366. The number of halogens is 5. The van der Waals surface area contributed by atoms with Gasteiger partial charge in [-0.2, -0.15) is 5.10 Å². The molecule has 11 heteroatoms. The van der Waals surface area contributed by atoms with Crippen LogP contribution in [0.4, 0.5) is 27.6 Å². The molecule has 0 aliphatic carbocycles. The lowest BCUT2D eigenvalue weighted by atomic mass is 10.1. The summed E-state index contributed by atoms with van der Waals surface area (Å²) in [7, 11) is -4.05. The van der Waals surface area contributed by atoms with Crippen molar-refractivity contribution >= 4 is 15.7 Å². The predicted molar refractivity (Wildman–Crippen MR) is 108 cm³/mol. The van der Waals surface area contributed by atoms with Gasteiger partial charge in [0.05, 0.1) is 34.1 Å². The average Bonchev–Trinajstić information content (AvgIpc) is 2.94. The van der Waals surface area contributed by atoms with Crippen LogP contribution in [0.1, 0.15) is 33.6 Å². The van der Waals surface area contributed by atoms with Crippen molar-refractivity contribution in [3.63, 3.8) is 0 Å². The number of aromatic nitrogens is 2. The lowest BCUT2D eigenvalue weighted by Crippen LogP contribution is -2.17. The Hall–Kier alpha value is -2.95. The second kappa shape index (κ2) is 8.19. The Morgan fingerprint density at radius 3 is 1.81 bits per heavy atom. The van der Waals surface area contributed by atoms with Gasteiger partial charge in [-0.05, 0) is 45.7 Å². The van der Waals surface area contributed by atoms with Crippen molar-refractivity contribution in [3.8, 4) is 0 Å². The maximum atomic E-state index is 14.1. The van der Waals surface area contributed by atoms with Crippen LogP contribution in [-0.2, 0) is 16.6 Å². The Bertz CT molecular complexity index is 1300. The zero-order valence-electron chi connectivity index (χ0n) is 17.9. The number of nitrogens with zero attached hydrogens (tertiary/aromatic N) is 2. The summed E-state index contributed by atoms with van der Waals surface area (Å²) in [6.45, 7) is 7.22. The van der Waals surface area contributed by atoms with Crippen molar-refractivity contribution in [3.05, 3.63) is 74.9 Å². The maximum Gasteiger partial charge on any atom is 0.262 e. The van der Waals surface area contributed by atoms with Crippen molar-refractivity contribution in [1.29, 1.82) is 0 Å². The molecule has 0 aliphatic rings. The van der Waals surface area contributed by atoms with Gasteiger partial charge >= 0.3 is 0 Å². The van der Waals surface area contributed by atoms with Gasteiger partial charge in [0.1, 0.15) is 0 Å². The largest absolute Gasteiger partial charge is 0.276 e. The Balaban J connectivity index is 2.04. The first-order chi connectivity index (χ1) is 14.8. The van der Waals surface area contributed by atoms with Crippen LogP contribution in [0.5, 0.6) is 0 Å². The Morgan fingerprint density at radius 1 is 0.844 bits per heavy atom. The normalized spacial score (nSPS) is 11.8. The lowest BCUT2D eigenvalue weighted by Gasteiger charge is -2.14. The minimum absolute atomic E-state index is 0.0493. The highest BCUT2D eigenvalue weighted by atomic mass is 32.2. The summed E-state index contributed by atoms with van der Waals surface area (Å²) in [5.74, 6) is -10.3. The zero-order chi connectivity index (χ0) is 24.1. The molecule has 0 saturated carbocycles. The van der Waals surface area contributed by atoms with Crippen molar-refractivity contribution in [1.82, 2.24) is 9.78 Å². The molecular formula is C21H20F5N3O2S. The Labute approximate surface area is 181 Å². The van der Waals surface area contributed by atoms with Crippen LogP contribution in [0.2, 0.25) is 0 Å². The van der Waals surface area contributed by atoms with Crippen LogP contribution in [0.15, 0.2) is 17.0 Å². The number of anilines is 1. The summed E-state index contributed by atoms with van der Waals surface area (Å²) in [5.41, 5.74) is 1.22. The summed E-state index contributed by atoms with van der Waals surface area (Å²) < 4.78 is 98.0. The molecular weight excluding hydrogens is 453 g/mol. The van der Waals surface area contributed by atoms with Gasteiger partial charge in [0.2, 0.25) is 5.82 Å². The molecule has 32 heavy (non-hydrogen) atoms. The van der Waals surface area contributed by atoms with E-state index >= 15 is 0 Å². The Kier molecular flexibility index (Phi) is 6.07. The molecule has 0 unspecified atom stereocenters.